The molecule has 3 aromatic rings. The monoisotopic (exact) mass is 548 g/mol. The first kappa shape index (κ1) is 27.1. The second-order valence-electron chi connectivity index (χ2n) is 6.96. The summed E-state index contributed by atoms with van der Waals surface area (Å²) >= 11 is 5.97. The maximum Gasteiger partial charge on any atom is 0.431 e. The summed E-state index contributed by atoms with van der Waals surface area (Å²) in [4.78, 5) is 50.5. The Morgan fingerprint density at radius 1 is 1.22 bits per heavy atom. The molecule has 0 atom stereocenters. The topological polar surface area (TPSA) is 145 Å². The number of nitro groups is 1. The highest BCUT2D eigenvalue weighted by atomic mass is 35.5. The highest BCUT2D eigenvalue weighted by molar-refractivity contribution is 6.32. The molecule has 0 saturated carbocycles. The molecule has 0 amide bonds. The van der Waals surface area contributed by atoms with Gasteiger partial charge in [0.25, 0.3) is 11.4 Å². The number of hydrogen-bond acceptors (Lipinski definition) is 9. The predicted molar refractivity (Wildman–Crippen MR) is 116 cm³/mol. The first-order chi connectivity index (χ1) is 17.3. The normalized spacial score (nSPS) is 11.2. The van der Waals surface area contributed by atoms with Gasteiger partial charge in [0.2, 0.25) is 5.75 Å². The van der Waals surface area contributed by atoms with Crippen LogP contribution < -0.4 is 20.7 Å². The van der Waals surface area contributed by atoms with Crippen LogP contribution in [0.25, 0.3) is 5.69 Å². The van der Waals surface area contributed by atoms with E-state index in [1.165, 1.54) is 0 Å². The Balaban J connectivity index is 2.14. The number of benzene rings is 1. The van der Waals surface area contributed by atoms with E-state index in [-0.39, 0.29) is 15.2 Å². The summed E-state index contributed by atoms with van der Waals surface area (Å²) in [7, 11) is 1.78. The molecule has 0 unspecified atom stereocenters. The van der Waals surface area contributed by atoms with Crippen molar-refractivity contribution >= 4 is 23.3 Å². The van der Waals surface area contributed by atoms with Crippen molar-refractivity contribution in [3.63, 3.8) is 0 Å². The Labute approximate surface area is 207 Å². The average molecular weight is 549 g/mol. The van der Waals surface area contributed by atoms with Crippen LogP contribution in [0.4, 0.5) is 23.2 Å². The second-order valence-corrected chi connectivity index (χ2v) is 7.37. The molecule has 12 nitrogen and oxygen atoms in total. The van der Waals surface area contributed by atoms with E-state index in [4.69, 9.17) is 21.1 Å². The molecule has 0 radical (unpaired) electrons. The van der Waals surface area contributed by atoms with Gasteiger partial charge in [-0.15, -0.1) is 0 Å². The smallest absolute Gasteiger partial charge is 0.431 e. The number of nitrogens with zero attached hydrogens (tertiary/aromatic N) is 4. The molecular weight excluding hydrogens is 536 g/mol. The number of carbonyl (C=O) groups excluding carboxylic acids is 1. The Morgan fingerprint density at radius 2 is 1.89 bits per heavy atom. The van der Waals surface area contributed by atoms with Crippen LogP contribution in [-0.2, 0) is 22.8 Å². The van der Waals surface area contributed by atoms with Gasteiger partial charge in [-0.05, 0) is 6.07 Å². The van der Waals surface area contributed by atoms with Crippen molar-refractivity contribution < 1.29 is 41.5 Å². The Morgan fingerprint density at radius 3 is 2.49 bits per heavy atom. The molecule has 0 fully saturated rings. The van der Waals surface area contributed by atoms with Gasteiger partial charge in [0.1, 0.15) is 17.3 Å². The number of hydrogen-bond donors (Lipinski definition) is 0. The van der Waals surface area contributed by atoms with E-state index in [0.29, 0.717) is 12.1 Å². The highest BCUT2D eigenvalue weighted by Gasteiger charge is 2.35. The summed E-state index contributed by atoms with van der Waals surface area (Å²) in [6.45, 7) is -0.741. The van der Waals surface area contributed by atoms with Gasteiger partial charge in [0.05, 0.1) is 22.7 Å². The number of pyridine rings is 1. The number of aromatic nitrogens is 3. The number of ether oxygens (including phenoxy) is 3. The quantitative estimate of drug-likeness (QED) is 0.188. The van der Waals surface area contributed by atoms with Crippen LogP contribution in [0.5, 0.6) is 17.4 Å². The van der Waals surface area contributed by atoms with Gasteiger partial charge < -0.3 is 14.2 Å². The SMILES string of the molecule is COC(=O)COc1nccc(Oc2cc(-n3c(=O)cc(C(F)(F)F)n(C)c3=O)c(F)cc2Cl)c1[N+](=O)[O-]. The Kier molecular flexibility index (Phi) is 7.52. The zero-order chi connectivity index (χ0) is 27.7. The molecule has 2 aromatic heterocycles. The molecule has 1 aromatic carbocycles. The summed E-state index contributed by atoms with van der Waals surface area (Å²) in [6.07, 6.45) is -4.05. The summed E-state index contributed by atoms with van der Waals surface area (Å²) in [5.74, 6) is -3.91. The van der Waals surface area contributed by atoms with Crippen molar-refractivity contribution in [3.8, 4) is 23.1 Å². The molecule has 196 valence electrons. The minimum atomic E-state index is -5.05. The summed E-state index contributed by atoms with van der Waals surface area (Å²) in [5, 5.41) is 11.1. The maximum atomic E-state index is 14.7. The third-order valence-electron chi connectivity index (χ3n) is 4.66. The standard InChI is InChI=1S/C20H13ClF4N4O8/c1-27-14(20(23,24)25)7-15(30)28(19(27)32)11-6-13(9(21)5-10(11)22)37-12-3-4-26-18(17(12)29(33)34)36-8-16(31)35-2/h3-7H,8H2,1-2H3. The van der Waals surface area contributed by atoms with E-state index < -0.39 is 80.2 Å². The van der Waals surface area contributed by atoms with Gasteiger partial charge in [0.15, 0.2) is 6.61 Å². The fourth-order valence-electron chi connectivity index (χ4n) is 2.97. The lowest BCUT2D eigenvalue weighted by Gasteiger charge is -2.15. The molecule has 17 heteroatoms. The summed E-state index contributed by atoms with van der Waals surface area (Å²) < 4.78 is 69.0. The van der Waals surface area contributed by atoms with Gasteiger partial charge in [-0.3, -0.25) is 19.5 Å². The first-order valence-corrected chi connectivity index (χ1v) is 10.0. The van der Waals surface area contributed by atoms with E-state index in [0.717, 1.165) is 26.4 Å². The lowest BCUT2D eigenvalue weighted by Crippen LogP contribution is -2.41. The molecule has 0 aliphatic heterocycles. The van der Waals surface area contributed by atoms with Crippen molar-refractivity contribution in [3.05, 3.63) is 77.9 Å². The lowest BCUT2D eigenvalue weighted by molar-refractivity contribution is -0.387. The van der Waals surface area contributed by atoms with Crippen LogP contribution in [0.15, 0.2) is 40.1 Å². The number of methoxy groups -OCH3 is 1. The third-order valence-corrected chi connectivity index (χ3v) is 4.96. The molecule has 0 saturated heterocycles. The minimum absolute atomic E-state index is 0.0919. The van der Waals surface area contributed by atoms with Crippen molar-refractivity contribution in [2.45, 2.75) is 6.18 Å². The molecular formula is C20H13ClF4N4O8. The van der Waals surface area contributed by atoms with Crippen LogP contribution in [-0.4, -0.2) is 38.7 Å². The Bertz CT molecular complexity index is 1520. The molecule has 0 spiro atoms. The number of alkyl halides is 3. The molecule has 0 aliphatic rings. The lowest BCUT2D eigenvalue weighted by atomic mass is 10.2. The van der Waals surface area contributed by atoms with E-state index in [1.54, 1.807) is 0 Å². The van der Waals surface area contributed by atoms with E-state index in [9.17, 15) is 42.1 Å². The van der Waals surface area contributed by atoms with E-state index in [1.807, 2.05) is 0 Å². The van der Waals surface area contributed by atoms with Crippen LogP contribution >= 0.6 is 11.6 Å². The van der Waals surface area contributed by atoms with Gasteiger partial charge in [-0.2, -0.15) is 13.2 Å². The van der Waals surface area contributed by atoms with Gasteiger partial charge >= 0.3 is 23.5 Å². The second kappa shape index (κ2) is 10.3. The molecule has 37 heavy (non-hydrogen) atoms. The average Bonchev–Trinajstić information content (AvgIpc) is 2.81. The van der Waals surface area contributed by atoms with Crippen molar-refractivity contribution in [1.82, 2.24) is 14.1 Å². The zero-order valence-corrected chi connectivity index (χ0v) is 19.3. The number of esters is 1. The predicted octanol–water partition coefficient (Wildman–Crippen LogP) is 2.99. The number of rotatable bonds is 7. The number of carbonyl (C=O) groups is 1. The van der Waals surface area contributed by atoms with Crippen molar-refractivity contribution in [1.29, 1.82) is 0 Å². The van der Waals surface area contributed by atoms with Crippen molar-refractivity contribution in [2.75, 3.05) is 13.7 Å². The van der Waals surface area contributed by atoms with Crippen LogP contribution in [0.3, 0.4) is 0 Å². The number of halogens is 5. The van der Waals surface area contributed by atoms with Gasteiger partial charge in [0, 0.05) is 31.4 Å². The largest absolute Gasteiger partial charge is 0.466 e. The van der Waals surface area contributed by atoms with E-state index >= 15 is 0 Å². The molecule has 0 aliphatic carbocycles. The Hall–Kier alpha value is -4.47. The van der Waals surface area contributed by atoms with Gasteiger partial charge in [-0.1, -0.05) is 11.6 Å². The van der Waals surface area contributed by atoms with E-state index in [2.05, 4.69) is 9.72 Å². The summed E-state index contributed by atoms with van der Waals surface area (Å²) in [6, 6.07) is 2.35. The first-order valence-electron chi connectivity index (χ1n) is 9.66. The molecule has 2 heterocycles. The van der Waals surface area contributed by atoms with Crippen molar-refractivity contribution in [2.24, 2.45) is 7.05 Å². The van der Waals surface area contributed by atoms with Gasteiger partial charge in [-0.25, -0.2) is 23.5 Å². The zero-order valence-electron chi connectivity index (χ0n) is 18.5. The fraction of sp³-hybridized carbons (Fsp3) is 0.200. The van der Waals surface area contributed by atoms with Crippen LogP contribution in [0.2, 0.25) is 5.02 Å². The fourth-order valence-corrected chi connectivity index (χ4v) is 3.16. The minimum Gasteiger partial charge on any atom is -0.466 e. The van der Waals surface area contributed by atoms with Crippen LogP contribution in [0.1, 0.15) is 5.69 Å². The maximum absolute atomic E-state index is 14.7. The van der Waals surface area contributed by atoms with Crippen LogP contribution in [0, 0.1) is 15.9 Å². The molecule has 0 N–H and O–H groups in total. The molecule has 3 rings (SSSR count). The highest BCUT2D eigenvalue weighted by Crippen LogP contribution is 2.40. The summed E-state index contributed by atoms with van der Waals surface area (Å²) in [5.41, 5.74) is -6.36. The third kappa shape index (κ3) is 5.53. The molecule has 0 bridgehead atoms.